The standard InChI is InChI=1S/C29H41BN6O7/c1-20(2)16-24(30(42-19-26(38)36(5)6)43-27(39)13-12-25(37)35(3)4)34-28(40)22(17-21-10-8-7-9-11-21)33-29(41)23-18-31-14-15-32-23/h7-11,14-15,18,20,22,24H,12-13,16-17,19H2,1-6H3,(H,33,41)(H,34,40)/t22-,24-/m0/s1. The number of aromatic nitrogens is 2. The van der Waals surface area contributed by atoms with Crippen LogP contribution in [0.25, 0.3) is 0 Å². The van der Waals surface area contributed by atoms with Gasteiger partial charge in [0.15, 0.2) is 0 Å². The highest BCUT2D eigenvalue weighted by atomic mass is 16.6. The fraction of sp³-hybridized carbons (Fsp3) is 0.483. The molecule has 2 atom stereocenters. The molecule has 0 aliphatic heterocycles. The van der Waals surface area contributed by atoms with Gasteiger partial charge in [-0.05, 0) is 17.9 Å². The van der Waals surface area contributed by atoms with Crippen LogP contribution in [0.3, 0.4) is 0 Å². The van der Waals surface area contributed by atoms with Gasteiger partial charge in [-0.2, -0.15) is 0 Å². The van der Waals surface area contributed by atoms with Crippen molar-refractivity contribution in [2.45, 2.75) is 51.5 Å². The lowest BCUT2D eigenvalue weighted by atomic mass is 9.73. The predicted molar refractivity (Wildman–Crippen MR) is 159 cm³/mol. The fourth-order valence-electron chi connectivity index (χ4n) is 3.87. The molecule has 0 radical (unpaired) electrons. The maximum Gasteiger partial charge on any atom is 0.551 e. The number of likely N-dealkylation sites (N-methyl/N-ethyl adjacent to an activating group) is 1. The Morgan fingerprint density at radius 1 is 0.907 bits per heavy atom. The third kappa shape index (κ3) is 12.6. The Balaban J connectivity index is 2.32. The summed E-state index contributed by atoms with van der Waals surface area (Å²) in [6.07, 6.45) is 4.27. The molecule has 232 valence electrons. The first kappa shape index (κ1) is 34.9. The van der Waals surface area contributed by atoms with Crippen molar-refractivity contribution in [3.63, 3.8) is 0 Å². The quantitative estimate of drug-likeness (QED) is 0.268. The number of hydrogen-bond acceptors (Lipinski definition) is 9. The Kier molecular flexibility index (Phi) is 14.3. The summed E-state index contributed by atoms with van der Waals surface area (Å²) in [5.41, 5.74) is 0.834. The zero-order valence-corrected chi connectivity index (χ0v) is 25.6. The molecule has 0 bridgehead atoms. The van der Waals surface area contributed by atoms with Crippen LogP contribution in [0, 0.1) is 5.92 Å². The second kappa shape index (κ2) is 17.6. The zero-order valence-electron chi connectivity index (χ0n) is 25.6. The van der Waals surface area contributed by atoms with Crippen molar-refractivity contribution >= 4 is 36.7 Å². The molecule has 0 saturated carbocycles. The molecule has 4 amide bonds. The van der Waals surface area contributed by atoms with Gasteiger partial charge in [-0.25, -0.2) is 4.98 Å². The van der Waals surface area contributed by atoms with Crippen molar-refractivity contribution in [2.24, 2.45) is 5.92 Å². The van der Waals surface area contributed by atoms with Crippen molar-refractivity contribution in [3.05, 3.63) is 60.2 Å². The summed E-state index contributed by atoms with van der Waals surface area (Å²) in [6.45, 7) is 3.41. The Hall–Kier alpha value is -4.33. The minimum absolute atomic E-state index is 0.0109. The topological polar surface area (TPSA) is 160 Å². The second-order valence-electron chi connectivity index (χ2n) is 10.8. The molecule has 0 saturated heterocycles. The normalized spacial score (nSPS) is 12.1. The number of carbonyl (C=O) groups excluding carboxylic acids is 5. The summed E-state index contributed by atoms with van der Waals surface area (Å²) in [5, 5.41) is 5.60. The zero-order chi connectivity index (χ0) is 31.9. The smallest absolute Gasteiger partial charge is 0.508 e. The Morgan fingerprint density at radius 3 is 2.16 bits per heavy atom. The van der Waals surface area contributed by atoms with Gasteiger partial charge >= 0.3 is 7.12 Å². The summed E-state index contributed by atoms with van der Waals surface area (Å²) in [6, 6.07) is 8.10. The van der Waals surface area contributed by atoms with E-state index in [9.17, 15) is 24.0 Å². The van der Waals surface area contributed by atoms with Gasteiger partial charge in [0.2, 0.25) is 17.7 Å². The van der Waals surface area contributed by atoms with Gasteiger partial charge in [0, 0.05) is 53.4 Å². The maximum atomic E-state index is 13.7. The van der Waals surface area contributed by atoms with E-state index in [-0.39, 0.29) is 42.7 Å². The number of benzene rings is 1. The molecule has 0 unspecified atom stereocenters. The summed E-state index contributed by atoms with van der Waals surface area (Å²) in [4.78, 5) is 74.4. The van der Waals surface area contributed by atoms with Crippen LogP contribution in [0.5, 0.6) is 0 Å². The number of amides is 4. The molecule has 13 nitrogen and oxygen atoms in total. The Morgan fingerprint density at radius 2 is 1.58 bits per heavy atom. The van der Waals surface area contributed by atoms with Crippen LogP contribution in [-0.2, 0) is 34.9 Å². The highest BCUT2D eigenvalue weighted by molar-refractivity contribution is 6.49. The molecule has 1 heterocycles. The highest BCUT2D eigenvalue weighted by Crippen LogP contribution is 2.13. The number of nitrogens with zero attached hydrogens (tertiary/aromatic N) is 4. The monoisotopic (exact) mass is 596 g/mol. The molecular formula is C29H41BN6O7. The molecular weight excluding hydrogens is 555 g/mol. The average Bonchev–Trinajstić information content (AvgIpc) is 2.97. The van der Waals surface area contributed by atoms with E-state index in [1.54, 1.807) is 28.2 Å². The number of carbonyl (C=O) groups is 5. The number of hydrogen-bond donors (Lipinski definition) is 2. The van der Waals surface area contributed by atoms with Crippen molar-refractivity contribution in [3.8, 4) is 0 Å². The van der Waals surface area contributed by atoms with E-state index in [2.05, 4.69) is 20.6 Å². The summed E-state index contributed by atoms with van der Waals surface area (Å²) >= 11 is 0. The van der Waals surface area contributed by atoms with Crippen molar-refractivity contribution in [1.29, 1.82) is 0 Å². The summed E-state index contributed by atoms with van der Waals surface area (Å²) in [7, 11) is 4.93. The van der Waals surface area contributed by atoms with Gasteiger partial charge in [-0.15, -0.1) is 0 Å². The van der Waals surface area contributed by atoms with Gasteiger partial charge in [0.1, 0.15) is 18.3 Å². The fourth-order valence-corrected chi connectivity index (χ4v) is 3.87. The van der Waals surface area contributed by atoms with Crippen molar-refractivity contribution < 1.29 is 33.3 Å². The van der Waals surface area contributed by atoms with Gasteiger partial charge < -0.3 is 29.7 Å². The van der Waals surface area contributed by atoms with Crippen LogP contribution >= 0.6 is 0 Å². The molecule has 0 spiro atoms. The largest absolute Gasteiger partial charge is 0.551 e. The van der Waals surface area contributed by atoms with E-state index in [0.29, 0.717) is 6.42 Å². The van der Waals surface area contributed by atoms with Crippen molar-refractivity contribution in [1.82, 2.24) is 30.4 Å². The maximum absolute atomic E-state index is 13.7. The number of rotatable bonds is 16. The lowest BCUT2D eigenvalue weighted by Gasteiger charge is -2.28. The molecule has 1 aromatic carbocycles. The van der Waals surface area contributed by atoms with Crippen LogP contribution in [0.1, 0.15) is 49.2 Å². The van der Waals surface area contributed by atoms with E-state index in [0.717, 1.165) is 5.56 Å². The first-order valence-electron chi connectivity index (χ1n) is 14.0. The van der Waals surface area contributed by atoms with E-state index in [1.807, 2.05) is 44.2 Å². The first-order chi connectivity index (χ1) is 20.4. The second-order valence-corrected chi connectivity index (χ2v) is 10.8. The van der Waals surface area contributed by atoms with Crippen LogP contribution < -0.4 is 10.6 Å². The lowest BCUT2D eigenvalue weighted by Crippen LogP contribution is -2.57. The molecule has 43 heavy (non-hydrogen) atoms. The number of nitrogens with one attached hydrogen (secondary N) is 2. The highest BCUT2D eigenvalue weighted by Gasteiger charge is 2.38. The Labute approximate surface area is 252 Å². The third-order valence-electron chi connectivity index (χ3n) is 6.24. The minimum atomic E-state index is -1.34. The van der Waals surface area contributed by atoms with Crippen LogP contribution in [-0.4, -0.2) is 103 Å². The molecule has 14 heteroatoms. The lowest BCUT2D eigenvalue weighted by molar-refractivity contribution is -0.140. The summed E-state index contributed by atoms with van der Waals surface area (Å²) < 4.78 is 11.4. The molecule has 1 aromatic heterocycles. The third-order valence-corrected chi connectivity index (χ3v) is 6.24. The van der Waals surface area contributed by atoms with Crippen molar-refractivity contribution in [2.75, 3.05) is 34.8 Å². The molecule has 2 N–H and O–H groups in total. The van der Waals surface area contributed by atoms with Gasteiger partial charge in [-0.1, -0.05) is 44.2 Å². The Bertz CT molecular complexity index is 1210. The molecule has 0 aliphatic carbocycles. The predicted octanol–water partition coefficient (Wildman–Crippen LogP) is 0.892. The van der Waals surface area contributed by atoms with Gasteiger partial charge in [0.05, 0.1) is 18.6 Å². The van der Waals surface area contributed by atoms with Crippen LogP contribution in [0.4, 0.5) is 0 Å². The van der Waals surface area contributed by atoms with Crippen LogP contribution in [0.15, 0.2) is 48.9 Å². The van der Waals surface area contributed by atoms with Gasteiger partial charge in [-0.3, -0.25) is 29.0 Å². The molecule has 0 fully saturated rings. The van der Waals surface area contributed by atoms with Crippen LogP contribution in [0.2, 0.25) is 0 Å². The molecule has 2 aromatic rings. The average molecular weight is 596 g/mol. The molecule has 0 aliphatic rings. The summed E-state index contributed by atoms with van der Waals surface area (Å²) in [5.74, 6) is -3.38. The van der Waals surface area contributed by atoms with E-state index >= 15 is 0 Å². The SMILES string of the molecule is CC(C)C[C@H](NC(=O)[C@H](Cc1ccccc1)NC(=O)c1cnccn1)B(OCC(=O)N(C)C)OC(=O)CCC(=O)N(C)C. The molecule has 2 rings (SSSR count). The first-order valence-corrected chi connectivity index (χ1v) is 14.0. The van der Waals surface area contributed by atoms with Gasteiger partial charge in [0.25, 0.3) is 11.9 Å². The van der Waals surface area contributed by atoms with E-state index in [4.69, 9.17) is 9.31 Å². The minimum Gasteiger partial charge on any atom is -0.508 e. The van der Waals surface area contributed by atoms with E-state index in [1.165, 1.54) is 28.4 Å². The van der Waals surface area contributed by atoms with E-state index < -0.39 is 43.5 Å².